The van der Waals surface area contributed by atoms with Gasteiger partial charge in [0.1, 0.15) is 0 Å². The SMILES string of the molecule is CCCCCCCCCCCCCc1cc(=O)[nH]c(NC(=O)NCCCC)n1. The van der Waals surface area contributed by atoms with E-state index in [1.54, 1.807) is 0 Å². The van der Waals surface area contributed by atoms with Gasteiger partial charge in [-0.15, -0.1) is 0 Å². The number of aromatic amines is 1. The minimum Gasteiger partial charge on any atom is -0.338 e. The molecule has 0 fully saturated rings. The first-order valence-corrected chi connectivity index (χ1v) is 11.3. The summed E-state index contributed by atoms with van der Waals surface area (Å²) in [6, 6.07) is 1.19. The van der Waals surface area contributed by atoms with Crippen molar-refractivity contribution in [3.8, 4) is 0 Å². The first-order chi connectivity index (χ1) is 13.7. The Morgan fingerprint density at radius 2 is 1.46 bits per heavy atom. The van der Waals surface area contributed by atoms with Crippen LogP contribution in [0.2, 0.25) is 0 Å². The molecule has 0 unspecified atom stereocenters. The quantitative estimate of drug-likeness (QED) is 0.323. The Hall–Kier alpha value is -1.85. The highest BCUT2D eigenvalue weighted by atomic mass is 16.2. The number of urea groups is 1. The van der Waals surface area contributed by atoms with Gasteiger partial charge in [-0.2, -0.15) is 0 Å². The Morgan fingerprint density at radius 3 is 2.07 bits per heavy atom. The van der Waals surface area contributed by atoms with E-state index < -0.39 is 0 Å². The zero-order valence-corrected chi connectivity index (χ0v) is 17.9. The van der Waals surface area contributed by atoms with E-state index in [4.69, 9.17) is 0 Å². The molecule has 0 bridgehead atoms. The van der Waals surface area contributed by atoms with E-state index in [-0.39, 0.29) is 17.5 Å². The number of nitrogens with zero attached hydrogens (tertiary/aromatic N) is 1. The Bertz CT molecular complexity index is 586. The minimum absolute atomic E-state index is 0.222. The molecule has 0 aliphatic carbocycles. The second kappa shape index (κ2) is 16.1. The van der Waals surface area contributed by atoms with Crippen LogP contribution in [0, 0.1) is 0 Å². The van der Waals surface area contributed by atoms with Crippen LogP contribution < -0.4 is 16.2 Å². The van der Waals surface area contributed by atoms with Crippen LogP contribution in [0.4, 0.5) is 10.7 Å². The molecule has 0 spiro atoms. The van der Waals surface area contributed by atoms with E-state index in [0.29, 0.717) is 6.54 Å². The lowest BCUT2D eigenvalue weighted by Crippen LogP contribution is -2.31. The normalized spacial score (nSPS) is 10.8. The molecule has 6 nitrogen and oxygen atoms in total. The van der Waals surface area contributed by atoms with E-state index in [1.165, 1.54) is 63.9 Å². The van der Waals surface area contributed by atoms with Crippen LogP contribution in [0.15, 0.2) is 10.9 Å². The van der Waals surface area contributed by atoms with Gasteiger partial charge in [0.15, 0.2) is 0 Å². The average Bonchev–Trinajstić information content (AvgIpc) is 2.66. The third-order valence-corrected chi connectivity index (χ3v) is 4.88. The van der Waals surface area contributed by atoms with Crippen molar-refractivity contribution in [2.45, 2.75) is 104 Å². The molecule has 0 radical (unpaired) electrons. The van der Waals surface area contributed by atoms with Crippen molar-refractivity contribution in [1.82, 2.24) is 15.3 Å². The number of hydrogen-bond acceptors (Lipinski definition) is 3. The number of hydrogen-bond donors (Lipinski definition) is 3. The van der Waals surface area contributed by atoms with Crippen molar-refractivity contribution >= 4 is 12.0 Å². The summed E-state index contributed by atoms with van der Waals surface area (Å²) in [6.07, 6.45) is 16.9. The molecule has 6 heteroatoms. The predicted octanol–water partition coefficient (Wildman–Crippen LogP) is 5.55. The topological polar surface area (TPSA) is 86.9 Å². The van der Waals surface area contributed by atoms with Crippen LogP contribution in [0.5, 0.6) is 0 Å². The van der Waals surface area contributed by atoms with Gasteiger partial charge in [-0.1, -0.05) is 84.5 Å². The van der Waals surface area contributed by atoms with E-state index in [0.717, 1.165) is 37.8 Å². The summed E-state index contributed by atoms with van der Waals surface area (Å²) in [5.41, 5.74) is 0.514. The van der Waals surface area contributed by atoms with Gasteiger partial charge in [-0.25, -0.2) is 9.78 Å². The van der Waals surface area contributed by atoms with Crippen LogP contribution in [-0.2, 0) is 6.42 Å². The first-order valence-electron chi connectivity index (χ1n) is 11.3. The number of aromatic nitrogens is 2. The van der Waals surface area contributed by atoms with Crippen molar-refractivity contribution in [1.29, 1.82) is 0 Å². The zero-order chi connectivity index (χ0) is 20.5. The highest BCUT2D eigenvalue weighted by Gasteiger charge is 2.05. The highest BCUT2D eigenvalue weighted by molar-refractivity contribution is 5.87. The van der Waals surface area contributed by atoms with Crippen LogP contribution >= 0.6 is 0 Å². The van der Waals surface area contributed by atoms with Crippen LogP contribution in [0.3, 0.4) is 0 Å². The zero-order valence-electron chi connectivity index (χ0n) is 17.9. The number of amides is 2. The molecule has 3 N–H and O–H groups in total. The molecule has 28 heavy (non-hydrogen) atoms. The summed E-state index contributed by atoms with van der Waals surface area (Å²) in [5, 5.41) is 5.36. The predicted molar refractivity (Wildman–Crippen MR) is 117 cm³/mol. The second-order valence-corrected chi connectivity index (χ2v) is 7.61. The van der Waals surface area contributed by atoms with Crippen molar-refractivity contribution in [2.24, 2.45) is 0 Å². The first kappa shape index (κ1) is 24.2. The summed E-state index contributed by atoms with van der Waals surface area (Å²) in [5.74, 6) is 0.222. The second-order valence-electron chi connectivity index (χ2n) is 7.61. The van der Waals surface area contributed by atoms with Gasteiger partial charge in [0.2, 0.25) is 5.95 Å². The maximum Gasteiger partial charge on any atom is 0.321 e. The molecular weight excluding hydrogens is 352 g/mol. The maximum atomic E-state index is 11.8. The number of carbonyl (C=O) groups excluding carboxylic acids is 1. The molecule has 0 aromatic carbocycles. The number of unbranched alkanes of at least 4 members (excludes halogenated alkanes) is 11. The summed E-state index contributed by atoms with van der Waals surface area (Å²) < 4.78 is 0. The molecule has 160 valence electrons. The Labute approximate surface area is 170 Å². The molecular formula is C22H40N4O2. The lowest BCUT2D eigenvalue weighted by Gasteiger charge is -2.07. The molecule has 2 amide bonds. The molecule has 0 aliphatic rings. The monoisotopic (exact) mass is 392 g/mol. The third kappa shape index (κ3) is 12.5. The molecule has 1 rings (SSSR count). The van der Waals surface area contributed by atoms with Gasteiger partial charge >= 0.3 is 6.03 Å². The van der Waals surface area contributed by atoms with Crippen LogP contribution in [0.25, 0.3) is 0 Å². The molecule has 0 saturated carbocycles. The van der Waals surface area contributed by atoms with Crippen molar-refractivity contribution in [2.75, 3.05) is 11.9 Å². The lowest BCUT2D eigenvalue weighted by molar-refractivity contribution is 0.252. The third-order valence-electron chi connectivity index (χ3n) is 4.88. The maximum absolute atomic E-state index is 11.8. The van der Waals surface area contributed by atoms with Crippen LogP contribution in [-0.4, -0.2) is 22.5 Å². The highest BCUT2D eigenvalue weighted by Crippen LogP contribution is 2.12. The average molecular weight is 393 g/mol. The van der Waals surface area contributed by atoms with Gasteiger partial charge in [-0.05, 0) is 19.3 Å². The number of nitrogens with one attached hydrogen (secondary N) is 3. The fourth-order valence-corrected chi connectivity index (χ4v) is 3.20. The Morgan fingerprint density at radius 1 is 0.893 bits per heavy atom. The van der Waals surface area contributed by atoms with Crippen molar-refractivity contribution in [3.05, 3.63) is 22.1 Å². The minimum atomic E-state index is -0.330. The van der Waals surface area contributed by atoms with Gasteiger partial charge in [0, 0.05) is 18.3 Å². The van der Waals surface area contributed by atoms with Gasteiger partial charge < -0.3 is 5.32 Å². The molecule has 1 heterocycles. The molecule has 0 aliphatic heterocycles. The fraction of sp³-hybridized carbons (Fsp3) is 0.773. The fourth-order valence-electron chi connectivity index (χ4n) is 3.20. The lowest BCUT2D eigenvalue weighted by atomic mass is 10.0. The molecule has 0 atom stereocenters. The van der Waals surface area contributed by atoms with E-state index in [9.17, 15) is 9.59 Å². The standard InChI is InChI=1S/C22H40N4O2/c1-3-5-7-8-9-10-11-12-13-14-15-16-19-18-20(27)25-21(24-19)26-22(28)23-17-6-4-2/h18H,3-17H2,1-2H3,(H3,23,24,25,26,27,28). The summed E-state index contributed by atoms with van der Waals surface area (Å²) in [6.45, 7) is 4.94. The van der Waals surface area contributed by atoms with E-state index in [2.05, 4.69) is 34.4 Å². The largest absolute Gasteiger partial charge is 0.338 e. The number of rotatable bonds is 16. The Balaban J connectivity index is 2.18. The molecule has 1 aromatic rings. The summed E-state index contributed by atoms with van der Waals surface area (Å²) >= 11 is 0. The van der Waals surface area contributed by atoms with Gasteiger partial charge in [-0.3, -0.25) is 15.1 Å². The molecule has 0 saturated heterocycles. The van der Waals surface area contributed by atoms with E-state index in [1.807, 2.05) is 0 Å². The number of H-pyrrole nitrogens is 1. The van der Waals surface area contributed by atoms with Gasteiger partial charge in [0.05, 0.1) is 0 Å². The van der Waals surface area contributed by atoms with Crippen molar-refractivity contribution < 1.29 is 4.79 Å². The Kier molecular flexibility index (Phi) is 13.9. The van der Waals surface area contributed by atoms with Crippen LogP contribution in [0.1, 0.15) is 103 Å². The summed E-state index contributed by atoms with van der Waals surface area (Å²) in [7, 11) is 0. The smallest absolute Gasteiger partial charge is 0.321 e. The number of aryl methyl sites for hydroxylation is 1. The number of carbonyl (C=O) groups is 1. The molecule has 1 aromatic heterocycles. The van der Waals surface area contributed by atoms with Crippen molar-refractivity contribution in [3.63, 3.8) is 0 Å². The van der Waals surface area contributed by atoms with E-state index >= 15 is 0 Å². The van der Waals surface area contributed by atoms with Gasteiger partial charge in [0.25, 0.3) is 5.56 Å². The number of anilines is 1. The summed E-state index contributed by atoms with van der Waals surface area (Å²) in [4.78, 5) is 30.5.